The van der Waals surface area contributed by atoms with Crippen LogP contribution in [-0.2, 0) is 14.3 Å². The van der Waals surface area contributed by atoms with Crippen LogP contribution in [0.4, 0.5) is 0 Å². The Morgan fingerprint density at radius 1 is 1.28 bits per heavy atom. The molecule has 162 valence electrons. The van der Waals surface area contributed by atoms with Gasteiger partial charge < -0.3 is 15.0 Å². The highest BCUT2D eigenvalue weighted by Gasteiger charge is 2.34. The molecule has 0 aliphatic heterocycles. The second-order valence-electron chi connectivity index (χ2n) is 7.57. The first kappa shape index (κ1) is 24.0. The maximum absolute atomic E-state index is 13.4. The van der Waals surface area contributed by atoms with Gasteiger partial charge in [-0.25, -0.2) is 0 Å². The van der Waals surface area contributed by atoms with Crippen molar-refractivity contribution >= 4 is 35.0 Å². The normalized spacial score (nSPS) is 20.1. The minimum absolute atomic E-state index is 0.109. The Bertz CT molecular complexity index is 671. The van der Waals surface area contributed by atoms with Gasteiger partial charge in [0.15, 0.2) is 0 Å². The van der Waals surface area contributed by atoms with Gasteiger partial charge in [-0.3, -0.25) is 9.59 Å². The van der Waals surface area contributed by atoms with E-state index in [9.17, 15) is 9.59 Å². The standard InChI is InChI=1S/C22H32Cl2N2O3/c1-3-29-14-8-13-26(20(27)15-23)21(17-10-5-6-11-18(17)24)22(28)25-19-12-7-4-9-16(19)2/h5-6,10-11,16,19,21H,3-4,7-9,12-15H2,1-2H3,(H,25,28)/t16-,19+,21+/m1/s1. The minimum atomic E-state index is -0.814. The average Bonchev–Trinajstić information content (AvgIpc) is 2.72. The van der Waals surface area contributed by atoms with Crippen molar-refractivity contribution < 1.29 is 14.3 Å². The fourth-order valence-electron chi connectivity index (χ4n) is 3.90. The minimum Gasteiger partial charge on any atom is -0.382 e. The van der Waals surface area contributed by atoms with Gasteiger partial charge in [0, 0.05) is 36.4 Å². The van der Waals surface area contributed by atoms with E-state index in [0.717, 1.165) is 19.3 Å². The smallest absolute Gasteiger partial charge is 0.247 e. The first-order chi connectivity index (χ1) is 14.0. The quantitative estimate of drug-likeness (QED) is 0.426. The third-order valence-corrected chi connectivity index (χ3v) is 6.10. The first-order valence-corrected chi connectivity index (χ1v) is 11.4. The van der Waals surface area contributed by atoms with E-state index >= 15 is 0 Å². The predicted molar refractivity (Wildman–Crippen MR) is 117 cm³/mol. The van der Waals surface area contributed by atoms with Gasteiger partial charge in [-0.1, -0.05) is 49.6 Å². The van der Waals surface area contributed by atoms with Crippen molar-refractivity contribution in [2.75, 3.05) is 25.6 Å². The molecule has 0 saturated heterocycles. The summed E-state index contributed by atoms with van der Waals surface area (Å²) in [6.07, 6.45) is 4.96. The molecule has 7 heteroatoms. The molecule has 1 fully saturated rings. The van der Waals surface area contributed by atoms with Crippen molar-refractivity contribution in [2.24, 2.45) is 5.92 Å². The van der Waals surface area contributed by atoms with Crippen molar-refractivity contribution in [1.82, 2.24) is 10.2 Å². The molecule has 2 amide bonds. The molecule has 1 N–H and O–H groups in total. The summed E-state index contributed by atoms with van der Waals surface area (Å²) >= 11 is 12.3. The van der Waals surface area contributed by atoms with Crippen LogP contribution in [0.15, 0.2) is 24.3 Å². The Morgan fingerprint density at radius 2 is 2.00 bits per heavy atom. The van der Waals surface area contributed by atoms with Crippen LogP contribution < -0.4 is 5.32 Å². The summed E-state index contributed by atoms with van der Waals surface area (Å²) in [7, 11) is 0. The molecule has 0 heterocycles. The summed E-state index contributed by atoms with van der Waals surface area (Å²) in [5.74, 6) is -0.274. The number of nitrogens with zero attached hydrogens (tertiary/aromatic N) is 1. The fraction of sp³-hybridized carbons (Fsp3) is 0.636. The van der Waals surface area contributed by atoms with Crippen LogP contribution >= 0.6 is 23.2 Å². The molecule has 1 aromatic carbocycles. The van der Waals surface area contributed by atoms with Crippen LogP contribution in [-0.4, -0.2) is 48.4 Å². The van der Waals surface area contributed by atoms with Crippen LogP contribution in [0.1, 0.15) is 57.6 Å². The number of hydrogen-bond donors (Lipinski definition) is 1. The SMILES string of the molecule is CCOCCCN(C(=O)CCl)[C@H](C(=O)N[C@H]1CCCC[C@H]1C)c1ccccc1Cl. The molecule has 0 spiro atoms. The number of benzene rings is 1. The molecule has 3 atom stereocenters. The number of nitrogens with one attached hydrogen (secondary N) is 1. The third kappa shape index (κ3) is 6.87. The van der Waals surface area contributed by atoms with E-state index in [4.69, 9.17) is 27.9 Å². The Morgan fingerprint density at radius 3 is 2.66 bits per heavy atom. The molecule has 2 rings (SSSR count). The van der Waals surface area contributed by atoms with Gasteiger partial charge in [0.05, 0.1) is 0 Å². The topological polar surface area (TPSA) is 58.6 Å². The molecule has 29 heavy (non-hydrogen) atoms. The predicted octanol–water partition coefficient (Wildman–Crippen LogP) is 4.57. The van der Waals surface area contributed by atoms with E-state index in [2.05, 4.69) is 12.2 Å². The maximum atomic E-state index is 13.4. The molecular formula is C22H32Cl2N2O3. The number of carbonyl (C=O) groups is 2. The monoisotopic (exact) mass is 442 g/mol. The van der Waals surface area contributed by atoms with Crippen LogP contribution in [0.5, 0.6) is 0 Å². The molecule has 5 nitrogen and oxygen atoms in total. The van der Waals surface area contributed by atoms with Gasteiger partial charge in [0.2, 0.25) is 11.8 Å². The summed E-state index contributed by atoms with van der Waals surface area (Å²) in [4.78, 5) is 27.7. The molecule has 0 radical (unpaired) electrons. The second kappa shape index (κ2) is 12.4. The van der Waals surface area contributed by atoms with Gasteiger partial charge in [-0.2, -0.15) is 0 Å². The molecule has 1 aromatic rings. The van der Waals surface area contributed by atoms with Gasteiger partial charge in [0.1, 0.15) is 11.9 Å². The highest BCUT2D eigenvalue weighted by molar-refractivity contribution is 6.31. The number of alkyl halides is 1. The van der Waals surface area contributed by atoms with Gasteiger partial charge in [-0.15, -0.1) is 11.6 Å². The highest BCUT2D eigenvalue weighted by atomic mass is 35.5. The zero-order chi connectivity index (χ0) is 21.2. The number of amides is 2. The largest absolute Gasteiger partial charge is 0.382 e. The number of rotatable bonds is 10. The fourth-order valence-corrected chi connectivity index (χ4v) is 4.29. The van der Waals surface area contributed by atoms with Crippen LogP contribution in [0.3, 0.4) is 0 Å². The van der Waals surface area contributed by atoms with Crippen LogP contribution in [0.25, 0.3) is 0 Å². The summed E-state index contributed by atoms with van der Waals surface area (Å²) in [5.41, 5.74) is 0.616. The molecular weight excluding hydrogens is 411 g/mol. The van der Waals surface area contributed by atoms with Crippen molar-refractivity contribution in [1.29, 1.82) is 0 Å². The first-order valence-electron chi connectivity index (χ1n) is 10.5. The Kier molecular flexibility index (Phi) is 10.3. The number of hydrogen-bond acceptors (Lipinski definition) is 3. The molecule has 1 aliphatic carbocycles. The molecule has 0 bridgehead atoms. The van der Waals surface area contributed by atoms with Crippen LogP contribution in [0, 0.1) is 5.92 Å². The summed E-state index contributed by atoms with van der Waals surface area (Å²) < 4.78 is 5.40. The van der Waals surface area contributed by atoms with Gasteiger partial charge in [-0.05, 0) is 38.2 Å². The lowest BCUT2D eigenvalue weighted by molar-refractivity contribution is -0.140. The lowest BCUT2D eigenvalue weighted by Gasteiger charge is -2.35. The molecule has 1 aliphatic rings. The summed E-state index contributed by atoms with van der Waals surface area (Å²) in [6.45, 7) is 5.58. The number of carbonyl (C=O) groups excluding carboxylic acids is 2. The lowest BCUT2D eigenvalue weighted by Crippen LogP contribution is -2.49. The third-order valence-electron chi connectivity index (χ3n) is 5.53. The van der Waals surface area contributed by atoms with Gasteiger partial charge >= 0.3 is 0 Å². The number of halogens is 2. The lowest BCUT2D eigenvalue weighted by atomic mass is 9.85. The van der Waals surface area contributed by atoms with E-state index in [1.54, 1.807) is 12.1 Å². The molecule has 0 unspecified atom stereocenters. The Hall–Kier alpha value is -1.30. The maximum Gasteiger partial charge on any atom is 0.247 e. The van der Waals surface area contributed by atoms with E-state index in [-0.39, 0.29) is 23.7 Å². The van der Waals surface area contributed by atoms with E-state index < -0.39 is 6.04 Å². The van der Waals surface area contributed by atoms with E-state index in [0.29, 0.717) is 42.7 Å². The summed E-state index contributed by atoms with van der Waals surface area (Å²) in [6, 6.07) is 6.47. The van der Waals surface area contributed by atoms with Crippen molar-refractivity contribution in [3.63, 3.8) is 0 Å². The van der Waals surface area contributed by atoms with E-state index in [1.807, 2.05) is 19.1 Å². The Balaban J connectivity index is 2.29. The van der Waals surface area contributed by atoms with E-state index in [1.165, 1.54) is 11.3 Å². The average molecular weight is 443 g/mol. The van der Waals surface area contributed by atoms with Gasteiger partial charge in [0.25, 0.3) is 0 Å². The van der Waals surface area contributed by atoms with Crippen LogP contribution in [0.2, 0.25) is 5.02 Å². The second-order valence-corrected chi connectivity index (χ2v) is 8.25. The van der Waals surface area contributed by atoms with Crippen molar-refractivity contribution in [3.05, 3.63) is 34.9 Å². The highest BCUT2D eigenvalue weighted by Crippen LogP contribution is 2.30. The Labute approximate surface area is 184 Å². The summed E-state index contributed by atoms with van der Waals surface area (Å²) in [5, 5.41) is 3.65. The zero-order valence-electron chi connectivity index (χ0n) is 17.3. The number of ether oxygens (including phenoxy) is 1. The molecule has 1 saturated carbocycles. The molecule has 0 aromatic heterocycles. The van der Waals surface area contributed by atoms with Crippen molar-refractivity contribution in [3.8, 4) is 0 Å². The zero-order valence-corrected chi connectivity index (χ0v) is 18.8. The van der Waals surface area contributed by atoms with Crippen molar-refractivity contribution in [2.45, 2.75) is 58.0 Å².